The molecule has 8 heteroatoms. The SMILES string of the molecule is CCOC(=O)c1c(C(F)(F)F)nc2ccc(C)cc2c1C(=O)OCC. The van der Waals surface area contributed by atoms with Gasteiger partial charge >= 0.3 is 18.1 Å². The molecular weight excluding hydrogens is 339 g/mol. The zero-order valence-electron chi connectivity index (χ0n) is 13.9. The lowest BCUT2D eigenvalue weighted by molar-refractivity contribution is -0.141. The van der Waals surface area contributed by atoms with Crippen LogP contribution in [0.15, 0.2) is 18.2 Å². The highest BCUT2D eigenvalue weighted by atomic mass is 19.4. The van der Waals surface area contributed by atoms with Gasteiger partial charge < -0.3 is 9.47 Å². The molecule has 0 amide bonds. The first-order valence-electron chi connectivity index (χ1n) is 7.56. The number of carbonyl (C=O) groups excluding carboxylic acids is 2. The van der Waals surface area contributed by atoms with Crippen molar-refractivity contribution in [2.45, 2.75) is 26.9 Å². The van der Waals surface area contributed by atoms with E-state index < -0.39 is 34.9 Å². The molecule has 0 radical (unpaired) electrons. The fourth-order valence-electron chi connectivity index (χ4n) is 2.40. The standard InChI is InChI=1S/C17H16F3NO4/c1-4-24-15(22)12-10-8-9(3)6-7-11(10)21-14(17(18,19)20)13(12)16(23)25-5-2/h6-8H,4-5H2,1-3H3. The van der Waals surface area contributed by atoms with Gasteiger partial charge in [-0.1, -0.05) is 11.6 Å². The van der Waals surface area contributed by atoms with E-state index in [-0.39, 0.29) is 24.1 Å². The fourth-order valence-corrected chi connectivity index (χ4v) is 2.40. The number of alkyl halides is 3. The maximum atomic E-state index is 13.5. The highest BCUT2D eigenvalue weighted by molar-refractivity contribution is 6.12. The average molecular weight is 355 g/mol. The Balaban J connectivity index is 2.96. The van der Waals surface area contributed by atoms with E-state index in [1.165, 1.54) is 26.0 Å². The van der Waals surface area contributed by atoms with Gasteiger partial charge in [0.15, 0.2) is 5.69 Å². The molecule has 0 spiro atoms. The van der Waals surface area contributed by atoms with Gasteiger partial charge in [-0.2, -0.15) is 13.2 Å². The summed E-state index contributed by atoms with van der Waals surface area (Å²) in [4.78, 5) is 28.1. The number of hydrogen-bond acceptors (Lipinski definition) is 5. The number of halogens is 3. The lowest BCUT2D eigenvalue weighted by Crippen LogP contribution is -2.23. The largest absolute Gasteiger partial charge is 0.462 e. The first-order chi connectivity index (χ1) is 11.7. The monoisotopic (exact) mass is 355 g/mol. The van der Waals surface area contributed by atoms with Crippen molar-refractivity contribution in [3.8, 4) is 0 Å². The Labute approximate surface area is 141 Å². The molecular formula is C17H16F3NO4. The molecule has 1 aromatic heterocycles. The first-order valence-corrected chi connectivity index (χ1v) is 7.56. The van der Waals surface area contributed by atoms with Crippen LogP contribution in [0, 0.1) is 6.92 Å². The Morgan fingerprint density at radius 2 is 1.60 bits per heavy atom. The molecule has 0 unspecified atom stereocenters. The van der Waals surface area contributed by atoms with Crippen LogP contribution >= 0.6 is 0 Å². The van der Waals surface area contributed by atoms with Crippen LogP contribution in [-0.4, -0.2) is 30.1 Å². The van der Waals surface area contributed by atoms with E-state index in [0.717, 1.165) is 0 Å². The topological polar surface area (TPSA) is 65.5 Å². The Morgan fingerprint density at radius 1 is 1.04 bits per heavy atom. The number of carbonyl (C=O) groups is 2. The highest BCUT2D eigenvalue weighted by Gasteiger charge is 2.41. The third-order valence-corrected chi connectivity index (χ3v) is 3.37. The van der Waals surface area contributed by atoms with Crippen molar-refractivity contribution in [1.82, 2.24) is 4.98 Å². The van der Waals surface area contributed by atoms with Gasteiger partial charge in [0.1, 0.15) is 5.56 Å². The first kappa shape index (κ1) is 18.7. The number of esters is 2. The van der Waals surface area contributed by atoms with Crippen LogP contribution < -0.4 is 0 Å². The van der Waals surface area contributed by atoms with Crippen molar-refractivity contribution in [2.24, 2.45) is 0 Å². The molecule has 134 valence electrons. The third kappa shape index (κ3) is 3.72. The molecule has 1 aromatic carbocycles. The van der Waals surface area contributed by atoms with Crippen LogP contribution in [-0.2, 0) is 15.7 Å². The van der Waals surface area contributed by atoms with Crippen LogP contribution in [0.5, 0.6) is 0 Å². The summed E-state index contributed by atoms with van der Waals surface area (Å²) in [5, 5.41) is 0.106. The van der Waals surface area contributed by atoms with Gasteiger partial charge in [0.25, 0.3) is 0 Å². The molecule has 25 heavy (non-hydrogen) atoms. The molecule has 0 bridgehead atoms. The van der Waals surface area contributed by atoms with Crippen LogP contribution in [0.2, 0.25) is 0 Å². The number of aromatic nitrogens is 1. The van der Waals surface area contributed by atoms with E-state index in [1.54, 1.807) is 13.0 Å². The predicted molar refractivity (Wildman–Crippen MR) is 83.4 cm³/mol. The summed E-state index contributed by atoms with van der Waals surface area (Å²) < 4.78 is 50.0. The molecule has 0 aliphatic heterocycles. The maximum absolute atomic E-state index is 13.5. The van der Waals surface area contributed by atoms with E-state index in [0.29, 0.717) is 5.56 Å². The predicted octanol–water partition coefficient (Wildman–Crippen LogP) is 3.92. The second-order valence-electron chi connectivity index (χ2n) is 5.17. The molecule has 0 saturated carbocycles. The van der Waals surface area contributed by atoms with E-state index in [2.05, 4.69) is 4.98 Å². The summed E-state index contributed by atoms with van der Waals surface area (Å²) in [5.74, 6) is -2.30. The molecule has 5 nitrogen and oxygen atoms in total. The number of aryl methyl sites for hydroxylation is 1. The van der Waals surface area contributed by atoms with E-state index in [1.807, 2.05) is 0 Å². The average Bonchev–Trinajstić information content (AvgIpc) is 2.52. The number of pyridine rings is 1. The molecule has 0 aliphatic rings. The van der Waals surface area contributed by atoms with Gasteiger partial charge in [-0.15, -0.1) is 0 Å². The van der Waals surface area contributed by atoms with Crippen LogP contribution in [0.1, 0.15) is 45.8 Å². The zero-order chi connectivity index (χ0) is 18.8. The second-order valence-corrected chi connectivity index (χ2v) is 5.17. The molecule has 2 aromatic rings. The maximum Gasteiger partial charge on any atom is 0.434 e. The van der Waals surface area contributed by atoms with Crippen LogP contribution in [0.25, 0.3) is 10.9 Å². The van der Waals surface area contributed by atoms with Gasteiger partial charge in [0, 0.05) is 5.39 Å². The summed E-state index contributed by atoms with van der Waals surface area (Å²) in [6.07, 6.45) is -4.94. The number of benzene rings is 1. The summed E-state index contributed by atoms with van der Waals surface area (Å²) in [5.41, 5.74) is -2.25. The van der Waals surface area contributed by atoms with Gasteiger partial charge in [0.2, 0.25) is 0 Å². The Bertz CT molecular complexity index is 831. The van der Waals surface area contributed by atoms with Gasteiger partial charge in [0.05, 0.1) is 24.3 Å². The number of nitrogens with zero attached hydrogens (tertiary/aromatic N) is 1. The van der Waals surface area contributed by atoms with Crippen LogP contribution in [0.3, 0.4) is 0 Å². The minimum atomic E-state index is -4.94. The van der Waals surface area contributed by atoms with Gasteiger partial charge in [-0.25, -0.2) is 14.6 Å². The number of ether oxygens (including phenoxy) is 2. The Morgan fingerprint density at radius 3 is 2.12 bits per heavy atom. The minimum Gasteiger partial charge on any atom is -0.462 e. The van der Waals surface area contributed by atoms with Crippen molar-refractivity contribution in [3.05, 3.63) is 40.6 Å². The number of fused-ring (bicyclic) bond motifs is 1. The van der Waals surface area contributed by atoms with E-state index in [9.17, 15) is 22.8 Å². The second kappa shape index (κ2) is 7.08. The van der Waals surface area contributed by atoms with Crippen molar-refractivity contribution < 1.29 is 32.2 Å². The lowest BCUT2D eigenvalue weighted by atomic mass is 9.98. The Hall–Kier alpha value is -2.64. The summed E-state index contributed by atoms with van der Waals surface area (Å²) in [6.45, 7) is 4.47. The number of rotatable bonds is 4. The van der Waals surface area contributed by atoms with Crippen molar-refractivity contribution in [3.63, 3.8) is 0 Å². The van der Waals surface area contributed by atoms with Gasteiger partial charge in [-0.05, 0) is 32.9 Å². The smallest absolute Gasteiger partial charge is 0.434 e. The number of hydrogen-bond donors (Lipinski definition) is 0. The highest BCUT2D eigenvalue weighted by Crippen LogP contribution is 2.36. The molecule has 0 fully saturated rings. The summed E-state index contributed by atoms with van der Waals surface area (Å²) in [6, 6.07) is 4.41. The molecule has 0 saturated heterocycles. The summed E-state index contributed by atoms with van der Waals surface area (Å²) >= 11 is 0. The quantitative estimate of drug-likeness (QED) is 0.778. The minimum absolute atomic E-state index is 0.0575. The molecule has 2 rings (SSSR count). The van der Waals surface area contributed by atoms with Crippen LogP contribution in [0.4, 0.5) is 13.2 Å². The normalized spacial score (nSPS) is 11.4. The zero-order valence-corrected chi connectivity index (χ0v) is 13.9. The fraction of sp³-hybridized carbons (Fsp3) is 0.353. The van der Waals surface area contributed by atoms with Gasteiger partial charge in [-0.3, -0.25) is 0 Å². The lowest BCUT2D eigenvalue weighted by Gasteiger charge is -2.17. The van der Waals surface area contributed by atoms with Crippen molar-refractivity contribution in [1.29, 1.82) is 0 Å². The van der Waals surface area contributed by atoms with E-state index >= 15 is 0 Å². The molecule has 0 N–H and O–H groups in total. The van der Waals surface area contributed by atoms with Crippen molar-refractivity contribution in [2.75, 3.05) is 13.2 Å². The van der Waals surface area contributed by atoms with Crippen molar-refractivity contribution >= 4 is 22.8 Å². The molecule has 0 aliphatic carbocycles. The van der Waals surface area contributed by atoms with E-state index in [4.69, 9.17) is 9.47 Å². The third-order valence-electron chi connectivity index (χ3n) is 3.37. The Kier molecular flexibility index (Phi) is 5.30. The molecule has 1 heterocycles. The molecule has 0 atom stereocenters. The summed E-state index contributed by atoms with van der Waals surface area (Å²) in [7, 11) is 0.